The Hall–Kier alpha value is -1.59. The van der Waals surface area contributed by atoms with Crippen molar-refractivity contribution in [2.75, 3.05) is 13.2 Å². The molecule has 0 fully saturated rings. The lowest BCUT2D eigenvalue weighted by atomic mass is 9.87. The van der Waals surface area contributed by atoms with Gasteiger partial charge in [-0.25, -0.2) is 9.59 Å². The van der Waals surface area contributed by atoms with Crippen LogP contribution < -0.4 is 11.1 Å². The number of carbonyl (C=O) groups excluding carboxylic acids is 2. The molecule has 0 aliphatic heterocycles. The number of nitrogens with one attached hydrogen (secondary N) is 1. The fourth-order valence-corrected chi connectivity index (χ4v) is 1.55. The first kappa shape index (κ1) is 23.7. The van der Waals surface area contributed by atoms with Crippen LogP contribution in [0, 0.1) is 5.41 Å². The van der Waals surface area contributed by atoms with E-state index in [1.807, 2.05) is 27.7 Å². The number of primary amides is 1. The van der Waals surface area contributed by atoms with Crippen molar-refractivity contribution in [3.05, 3.63) is 0 Å². The third kappa shape index (κ3) is 20.4. The fourth-order valence-electron chi connectivity index (χ4n) is 1.55. The van der Waals surface area contributed by atoms with Crippen LogP contribution >= 0.6 is 0 Å². The number of hydrogen-bond acceptors (Lipinski definition) is 6. The Morgan fingerprint density at radius 2 is 1.65 bits per heavy atom. The SMILES string of the molecule is CCCC(C)(COC(N)=O)COC(=O)NC(C)C.O=S(=O)(O)O. The highest BCUT2D eigenvalue weighted by atomic mass is 32.3. The second kappa shape index (κ2) is 11.0. The zero-order valence-electron chi connectivity index (χ0n) is 13.7. The number of nitrogens with two attached hydrogens (primary N) is 1. The van der Waals surface area contributed by atoms with Gasteiger partial charge in [0, 0.05) is 11.5 Å². The van der Waals surface area contributed by atoms with E-state index in [4.69, 9.17) is 32.7 Å². The topological polar surface area (TPSA) is 165 Å². The van der Waals surface area contributed by atoms with Gasteiger partial charge in [0.25, 0.3) is 0 Å². The highest BCUT2D eigenvalue weighted by molar-refractivity contribution is 7.79. The summed E-state index contributed by atoms with van der Waals surface area (Å²) >= 11 is 0. The Labute approximate surface area is 136 Å². The number of ether oxygens (including phenoxy) is 2. The van der Waals surface area contributed by atoms with E-state index >= 15 is 0 Å². The molecule has 23 heavy (non-hydrogen) atoms. The monoisotopic (exact) mass is 358 g/mol. The zero-order chi connectivity index (χ0) is 18.7. The smallest absolute Gasteiger partial charge is 0.407 e. The summed E-state index contributed by atoms with van der Waals surface area (Å²) in [5.41, 5.74) is 4.53. The van der Waals surface area contributed by atoms with Gasteiger partial charge in [-0.1, -0.05) is 20.3 Å². The summed E-state index contributed by atoms with van der Waals surface area (Å²) in [5, 5.41) is 2.63. The summed E-state index contributed by atoms with van der Waals surface area (Å²) in [7, 11) is -4.67. The normalized spacial score (nSPS) is 13.3. The van der Waals surface area contributed by atoms with Crippen LogP contribution in [0.25, 0.3) is 0 Å². The van der Waals surface area contributed by atoms with E-state index in [0.717, 1.165) is 12.8 Å². The molecule has 0 spiro atoms. The van der Waals surface area contributed by atoms with Crippen LogP contribution in [0.5, 0.6) is 0 Å². The van der Waals surface area contributed by atoms with Crippen LogP contribution in [0.15, 0.2) is 0 Å². The predicted molar refractivity (Wildman–Crippen MR) is 82.3 cm³/mol. The van der Waals surface area contributed by atoms with Gasteiger partial charge in [-0.05, 0) is 20.3 Å². The third-order valence-electron chi connectivity index (χ3n) is 2.37. The molecule has 0 heterocycles. The van der Waals surface area contributed by atoms with Gasteiger partial charge in [0.1, 0.15) is 13.2 Å². The molecule has 0 aliphatic carbocycles. The summed E-state index contributed by atoms with van der Waals surface area (Å²) in [6, 6.07) is 0.0248. The van der Waals surface area contributed by atoms with Gasteiger partial charge >= 0.3 is 22.6 Å². The highest BCUT2D eigenvalue weighted by Crippen LogP contribution is 2.24. The molecule has 0 aliphatic rings. The molecule has 138 valence electrons. The lowest BCUT2D eigenvalue weighted by Gasteiger charge is -2.27. The summed E-state index contributed by atoms with van der Waals surface area (Å²) in [6.45, 7) is 7.93. The van der Waals surface area contributed by atoms with Crippen molar-refractivity contribution < 1.29 is 36.6 Å². The van der Waals surface area contributed by atoms with Crippen LogP contribution in [-0.4, -0.2) is 49.0 Å². The zero-order valence-corrected chi connectivity index (χ0v) is 14.6. The molecule has 1 unspecified atom stereocenters. The van der Waals surface area contributed by atoms with Crippen molar-refractivity contribution in [1.29, 1.82) is 0 Å². The Morgan fingerprint density at radius 1 is 1.22 bits per heavy atom. The number of rotatable bonds is 7. The number of alkyl carbamates (subject to hydrolysis) is 1. The van der Waals surface area contributed by atoms with Crippen molar-refractivity contribution in [3.8, 4) is 0 Å². The van der Waals surface area contributed by atoms with Crippen LogP contribution in [0.1, 0.15) is 40.5 Å². The third-order valence-corrected chi connectivity index (χ3v) is 2.37. The van der Waals surface area contributed by atoms with Crippen LogP contribution in [0.4, 0.5) is 9.59 Å². The van der Waals surface area contributed by atoms with E-state index in [1.54, 1.807) is 0 Å². The van der Waals surface area contributed by atoms with Gasteiger partial charge in [-0.15, -0.1) is 0 Å². The van der Waals surface area contributed by atoms with E-state index < -0.39 is 28.0 Å². The minimum absolute atomic E-state index is 0.0248. The molecule has 1 atom stereocenters. The van der Waals surface area contributed by atoms with E-state index in [1.165, 1.54) is 0 Å². The van der Waals surface area contributed by atoms with E-state index in [-0.39, 0.29) is 19.3 Å². The predicted octanol–water partition coefficient (Wildman–Crippen LogP) is 1.37. The second-order valence-corrected chi connectivity index (χ2v) is 6.39. The Balaban J connectivity index is 0. The molecule has 0 aromatic carbocycles. The van der Waals surface area contributed by atoms with Gasteiger partial charge in [-0.3, -0.25) is 9.11 Å². The lowest BCUT2D eigenvalue weighted by molar-refractivity contribution is 0.0332. The first-order chi connectivity index (χ1) is 10.3. The summed E-state index contributed by atoms with van der Waals surface area (Å²) < 4.78 is 41.5. The van der Waals surface area contributed by atoms with E-state index in [2.05, 4.69) is 5.32 Å². The maximum Gasteiger partial charge on any atom is 0.407 e. The molecule has 0 bridgehead atoms. The molecule has 0 radical (unpaired) electrons. The van der Waals surface area contributed by atoms with Crippen molar-refractivity contribution in [2.45, 2.75) is 46.6 Å². The first-order valence-electron chi connectivity index (χ1n) is 6.84. The molecule has 2 amide bonds. The average molecular weight is 358 g/mol. The van der Waals surface area contributed by atoms with Crippen LogP contribution in [0.3, 0.4) is 0 Å². The average Bonchev–Trinajstić information content (AvgIpc) is 2.32. The molecule has 0 aromatic heterocycles. The van der Waals surface area contributed by atoms with Crippen LogP contribution in [0.2, 0.25) is 0 Å². The minimum Gasteiger partial charge on any atom is -0.449 e. The maximum absolute atomic E-state index is 11.4. The summed E-state index contributed by atoms with van der Waals surface area (Å²) in [6.07, 6.45) is 0.388. The van der Waals surface area contributed by atoms with Gasteiger partial charge in [0.05, 0.1) is 0 Å². The van der Waals surface area contributed by atoms with E-state index in [9.17, 15) is 9.59 Å². The van der Waals surface area contributed by atoms with Crippen LogP contribution in [-0.2, 0) is 19.9 Å². The minimum atomic E-state index is -4.67. The highest BCUT2D eigenvalue weighted by Gasteiger charge is 2.27. The van der Waals surface area contributed by atoms with Gasteiger partial charge < -0.3 is 20.5 Å². The van der Waals surface area contributed by atoms with Crippen molar-refractivity contribution in [3.63, 3.8) is 0 Å². The lowest BCUT2D eigenvalue weighted by Crippen LogP contribution is -2.37. The standard InChI is InChI=1S/C12H24N2O4.H2O4S/c1-5-6-12(4,7-17-10(13)15)8-18-11(16)14-9(2)3;1-5(2,3)4/h9H,5-8H2,1-4H3,(H2,13,15)(H,14,16);(H2,1,2,3,4). The fraction of sp³-hybridized carbons (Fsp3) is 0.833. The molecule has 5 N–H and O–H groups in total. The maximum atomic E-state index is 11.4. The molecule has 0 saturated carbocycles. The molecule has 10 nitrogen and oxygen atoms in total. The molecule has 0 aromatic rings. The van der Waals surface area contributed by atoms with Crippen molar-refractivity contribution in [2.24, 2.45) is 11.1 Å². The van der Waals surface area contributed by atoms with Gasteiger partial charge in [-0.2, -0.15) is 8.42 Å². The molecular formula is C12H26N2O8S. The summed E-state index contributed by atoms with van der Waals surface area (Å²) in [5.74, 6) is 0. The van der Waals surface area contributed by atoms with Crippen molar-refractivity contribution >= 4 is 22.6 Å². The number of carbonyl (C=O) groups is 2. The Bertz CT molecular complexity index is 458. The quantitative estimate of drug-likeness (QED) is 0.495. The van der Waals surface area contributed by atoms with Gasteiger partial charge in [0.15, 0.2) is 0 Å². The molecule has 0 saturated heterocycles. The first-order valence-corrected chi connectivity index (χ1v) is 8.24. The second-order valence-electron chi connectivity index (χ2n) is 5.49. The van der Waals surface area contributed by atoms with Gasteiger partial charge in [0.2, 0.25) is 0 Å². The number of amides is 2. The molecule has 0 rings (SSSR count). The summed E-state index contributed by atoms with van der Waals surface area (Å²) in [4.78, 5) is 22.0. The van der Waals surface area contributed by atoms with Crippen molar-refractivity contribution in [1.82, 2.24) is 5.32 Å². The van der Waals surface area contributed by atoms with E-state index in [0.29, 0.717) is 0 Å². The largest absolute Gasteiger partial charge is 0.449 e. The number of hydrogen-bond donors (Lipinski definition) is 4. The molecule has 11 heteroatoms. The molecular weight excluding hydrogens is 332 g/mol. The Kier molecular flexibility index (Phi) is 11.3. The Morgan fingerprint density at radius 3 is 2.00 bits per heavy atom.